The van der Waals surface area contributed by atoms with Crippen molar-refractivity contribution in [3.05, 3.63) is 72.8 Å². The minimum Gasteiger partial charge on any atom is -0.457 e. The molecule has 208 valence electrons. The quantitative estimate of drug-likeness (QED) is 0.214. The van der Waals surface area contributed by atoms with Crippen molar-refractivity contribution in [2.45, 2.75) is 96.7 Å². The lowest BCUT2D eigenvalue weighted by Crippen LogP contribution is -2.68. The molecular weight excluding hydrogens is 505 g/mol. The van der Waals surface area contributed by atoms with Crippen LogP contribution in [0, 0.1) is 5.92 Å². The van der Waals surface area contributed by atoms with E-state index in [0.717, 1.165) is 0 Å². The molecule has 1 aliphatic heterocycles. The zero-order chi connectivity index (χ0) is 28.2. The Morgan fingerprint density at radius 3 is 1.87 bits per heavy atom. The second-order valence-corrected chi connectivity index (χ2v) is 22.3. The summed E-state index contributed by atoms with van der Waals surface area (Å²) in [5.41, 5.74) is 0. The Labute approximate surface area is 233 Å². The van der Waals surface area contributed by atoms with E-state index in [0.29, 0.717) is 19.4 Å². The van der Waals surface area contributed by atoms with Crippen molar-refractivity contribution in [1.29, 1.82) is 0 Å². The van der Waals surface area contributed by atoms with Gasteiger partial charge in [0.2, 0.25) is 0 Å². The minimum atomic E-state index is -2.85. The van der Waals surface area contributed by atoms with E-state index in [1.807, 2.05) is 0 Å². The molecule has 1 heterocycles. The predicted octanol–water partition coefficient (Wildman–Crippen LogP) is 6.85. The summed E-state index contributed by atoms with van der Waals surface area (Å²) in [6.07, 6.45) is 4.49. The fraction of sp³-hybridized carbons (Fsp3) is 0.531. The van der Waals surface area contributed by atoms with Crippen LogP contribution in [0.5, 0.6) is 0 Å². The van der Waals surface area contributed by atoms with Crippen molar-refractivity contribution < 1.29 is 18.4 Å². The van der Waals surface area contributed by atoms with Crippen LogP contribution in [-0.4, -0.2) is 41.4 Å². The number of hydrogen-bond donors (Lipinski definition) is 0. The van der Waals surface area contributed by atoms with Crippen LogP contribution in [0.25, 0.3) is 0 Å². The Kier molecular flexibility index (Phi) is 9.67. The van der Waals surface area contributed by atoms with Crippen molar-refractivity contribution in [3.8, 4) is 0 Å². The van der Waals surface area contributed by atoms with E-state index in [1.165, 1.54) is 10.4 Å². The van der Waals surface area contributed by atoms with Crippen molar-refractivity contribution in [2.24, 2.45) is 5.92 Å². The molecule has 0 aliphatic carbocycles. The van der Waals surface area contributed by atoms with Crippen LogP contribution < -0.4 is 10.4 Å². The van der Waals surface area contributed by atoms with E-state index in [9.17, 15) is 4.79 Å². The molecule has 0 N–H and O–H groups in total. The molecule has 3 rings (SSSR count). The van der Waals surface area contributed by atoms with Crippen LogP contribution in [0.1, 0.15) is 61.3 Å². The SMILES string of the molecule is C[C@@H]1/C=C/C[C@H](O[Si](c2ccccc2)(c2ccccc2)C(C)(C)C)[C@@H](CO[Si](C)(C)C(C)(C)C)OC(=O)C1. The smallest absolute Gasteiger partial charge is 0.306 e. The number of benzene rings is 2. The van der Waals surface area contributed by atoms with Gasteiger partial charge in [0.05, 0.1) is 19.1 Å². The molecule has 0 bridgehead atoms. The molecule has 0 saturated carbocycles. The average molecular weight is 553 g/mol. The first-order valence-corrected chi connectivity index (χ1v) is 18.8. The van der Waals surface area contributed by atoms with Gasteiger partial charge in [-0.3, -0.25) is 4.79 Å². The van der Waals surface area contributed by atoms with E-state index in [4.69, 9.17) is 13.6 Å². The molecule has 0 spiro atoms. The molecule has 38 heavy (non-hydrogen) atoms. The van der Waals surface area contributed by atoms with Crippen LogP contribution >= 0.6 is 0 Å². The third kappa shape index (κ3) is 6.95. The zero-order valence-electron chi connectivity index (χ0n) is 24.9. The van der Waals surface area contributed by atoms with Gasteiger partial charge in [-0.1, -0.05) is 121 Å². The number of carbonyl (C=O) groups is 1. The third-order valence-electron chi connectivity index (χ3n) is 8.18. The molecular formula is C32H48O4Si2. The fourth-order valence-electron chi connectivity index (χ4n) is 4.91. The van der Waals surface area contributed by atoms with Crippen LogP contribution in [0.3, 0.4) is 0 Å². The number of carbonyl (C=O) groups excluding carboxylic acids is 1. The van der Waals surface area contributed by atoms with Crippen molar-refractivity contribution in [2.75, 3.05) is 6.61 Å². The number of rotatable bonds is 7. The molecule has 2 aromatic carbocycles. The maximum Gasteiger partial charge on any atom is 0.306 e. The lowest BCUT2D eigenvalue weighted by atomic mass is 10.1. The normalized spacial score (nSPS) is 22.7. The zero-order valence-corrected chi connectivity index (χ0v) is 26.9. The maximum atomic E-state index is 13.0. The highest BCUT2D eigenvalue weighted by Crippen LogP contribution is 2.40. The van der Waals surface area contributed by atoms with E-state index >= 15 is 0 Å². The molecule has 4 nitrogen and oxygen atoms in total. The molecule has 0 radical (unpaired) electrons. The Hall–Kier alpha value is -2.00. The van der Waals surface area contributed by atoms with Gasteiger partial charge >= 0.3 is 5.97 Å². The van der Waals surface area contributed by atoms with Crippen molar-refractivity contribution >= 4 is 33.0 Å². The molecule has 3 atom stereocenters. The molecule has 0 saturated heterocycles. The van der Waals surface area contributed by atoms with Crippen LogP contribution in [0.15, 0.2) is 72.8 Å². The summed E-state index contributed by atoms with van der Waals surface area (Å²) in [6, 6.07) is 21.3. The van der Waals surface area contributed by atoms with E-state index in [2.05, 4.69) is 134 Å². The van der Waals surface area contributed by atoms with E-state index in [1.54, 1.807) is 0 Å². The summed E-state index contributed by atoms with van der Waals surface area (Å²) in [5.74, 6) is -0.0694. The number of hydrogen-bond acceptors (Lipinski definition) is 4. The minimum absolute atomic E-state index is 0.0539. The summed E-state index contributed by atoms with van der Waals surface area (Å²) in [4.78, 5) is 13.0. The van der Waals surface area contributed by atoms with Crippen LogP contribution in [0.2, 0.25) is 23.2 Å². The Morgan fingerprint density at radius 2 is 1.39 bits per heavy atom. The van der Waals surface area contributed by atoms with Gasteiger partial charge in [-0.25, -0.2) is 0 Å². The molecule has 1 aliphatic rings. The monoisotopic (exact) mass is 552 g/mol. The van der Waals surface area contributed by atoms with Gasteiger partial charge in [0, 0.05) is 0 Å². The van der Waals surface area contributed by atoms with Gasteiger partial charge < -0.3 is 13.6 Å². The number of cyclic esters (lactones) is 1. The second-order valence-electron chi connectivity index (χ2n) is 13.3. The second kappa shape index (κ2) is 12.0. The lowest BCUT2D eigenvalue weighted by Gasteiger charge is -2.46. The van der Waals surface area contributed by atoms with Crippen LogP contribution in [0.4, 0.5) is 0 Å². The molecule has 0 aromatic heterocycles. The summed E-state index contributed by atoms with van der Waals surface area (Å²) in [7, 11) is -4.93. The molecule has 0 amide bonds. The fourth-order valence-corrected chi connectivity index (χ4v) is 10.6. The van der Waals surface area contributed by atoms with E-state index < -0.39 is 22.7 Å². The van der Waals surface area contributed by atoms with Gasteiger partial charge in [0.15, 0.2) is 8.32 Å². The van der Waals surface area contributed by atoms with Gasteiger partial charge in [-0.2, -0.15) is 0 Å². The standard InChI is InChI=1S/C32H48O4Si2/c1-25-17-16-22-28(29(35-30(33)23-25)24-34-37(8,9)31(2,3)4)36-38(32(5,6)7,26-18-12-10-13-19-26)27-20-14-11-15-21-27/h10-21,25,28-29H,22-24H2,1-9H3/b17-16+/t25-,28+,29-/m1/s1. The summed E-state index contributed by atoms with van der Waals surface area (Å²) in [6.45, 7) is 20.4. The number of esters is 1. The Bertz CT molecular complexity index is 1030. The predicted molar refractivity (Wildman–Crippen MR) is 163 cm³/mol. The first kappa shape index (κ1) is 30.5. The largest absolute Gasteiger partial charge is 0.457 e. The Balaban J connectivity index is 2.13. The van der Waals surface area contributed by atoms with Gasteiger partial charge in [0.25, 0.3) is 8.32 Å². The van der Waals surface area contributed by atoms with Gasteiger partial charge in [-0.05, 0) is 45.9 Å². The topological polar surface area (TPSA) is 44.8 Å². The molecule has 0 unspecified atom stereocenters. The number of allylic oxidation sites excluding steroid dienone is 1. The highest BCUT2D eigenvalue weighted by Gasteiger charge is 2.52. The molecule has 2 aromatic rings. The van der Waals surface area contributed by atoms with Gasteiger partial charge in [0.1, 0.15) is 6.10 Å². The highest BCUT2D eigenvalue weighted by atomic mass is 28.4. The van der Waals surface area contributed by atoms with Crippen LogP contribution in [-0.2, 0) is 18.4 Å². The summed E-state index contributed by atoms with van der Waals surface area (Å²) < 4.78 is 20.4. The van der Waals surface area contributed by atoms with E-state index in [-0.39, 0.29) is 28.1 Å². The van der Waals surface area contributed by atoms with Gasteiger partial charge in [-0.15, -0.1) is 0 Å². The Morgan fingerprint density at radius 1 is 0.868 bits per heavy atom. The lowest BCUT2D eigenvalue weighted by molar-refractivity contribution is -0.157. The summed E-state index contributed by atoms with van der Waals surface area (Å²) in [5, 5.41) is 2.30. The number of ether oxygens (including phenoxy) is 1. The maximum absolute atomic E-state index is 13.0. The average Bonchev–Trinajstić information content (AvgIpc) is 2.89. The first-order valence-electron chi connectivity index (χ1n) is 14.0. The third-order valence-corrected chi connectivity index (χ3v) is 17.7. The van der Waals surface area contributed by atoms with Crippen molar-refractivity contribution in [3.63, 3.8) is 0 Å². The molecule has 6 heteroatoms. The summed E-state index contributed by atoms with van der Waals surface area (Å²) >= 11 is 0. The molecule has 0 fully saturated rings. The van der Waals surface area contributed by atoms with Crippen molar-refractivity contribution in [1.82, 2.24) is 0 Å². The first-order chi connectivity index (χ1) is 17.7. The highest BCUT2D eigenvalue weighted by molar-refractivity contribution is 6.99.